The van der Waals surface area contributed by atoms with E-state index < -0.39 is 5.91 Å². The third-order valence-corrected chi connectivity index (χ3v) is 4.45. The Morgan fingerprint density at radius 2 is 2.19 bits per heavy atom. The van der Waals surface area contributed by atoms with Crippen molar-refractivity contribution >= 4 is 33.0 Å². The first-order valence-corrected chi connectivity index (χ1v) is 7.25. The molecule has 1 amide bonds. The first-order chi connectivity index (χ1) is 10.1. The molecule has 0 bridgehead atoms. The summed E-state index contributed by atoms with van der Waals surface area (Å²) in [5, 5.41) is 0.731. The van der Waals surface area contributed by atoms with Gasteiger partial charge in [-0.05, 0) is 25.1 Å². The van der Waals surface area contributed by atoms with Crippen LogP contribution >= 0.6 is 11.3 Å². The lowest BCUT2D eigenvalue weighted by Crippen LogP contribution is -2.10. The second kappa shape index (κ2) is 5.14. The molecule has 2 heterocycles. The van der Waals surface area contributed by atoms with Crippen molar-refractivity contribution in [3.8, 4) is 16.9 Å². The van der Waals surface area contributed by atoms with Crippen LogP contribution in [0.4, 0.5) is 5.69 Å². The number of benzene rings is 1. The van der Waals surface area contributed by atoms with Crippen LogP contribution in [0.15, 0.2) is 35.1 Å². The highest BCUT2D eigenvalue weighted by molar-refractivity contribution is 7.22. The SMILES string of the molecule is CCOc1ccc(-c2ccoc2)c2sc(C(N)=O)c(N)c12. The number of fused-ring (bicyclic) bond motifs is 1. The molecule has 2 aromatic heterocycles. The number of primary amides is 1. The van der Waals surface area contributed by atoms with Gasteiger partial charge in [-0.15, -0.1) is 11.3 Å². The maximum absolute atomic E-state index is 11.6. The highest BCUT2D eigenvalue weighted by Crippen LogP contribution is 2.44. The van der Waals surface area contributed by atoms with Crippen LogP contribution in [0.2, 0.25) is 0 Å². The summed E-state index contributed by atoms with van der Waals surface area (Å²) in [6.07, 6.45) is 3.25. The van der Waals surface area contributed by atoms with E-state index in [1.54, 1.807) is 12.5 Å². The Morgan fingerprint density at radius 3 is 2.81 bits per heavy atom. The minimum atomic E-state index is -0.533. The van der Waals surface area contributed by atoms with Crippen LogP contribution in [0.1, 0.15) is 16.6 Å². The Morgan fingerprint density at radius 1 is 1.38 bits per heavy atom. The summed E-state index contributed by atoms with van der Waals surface area (Å²) < 4.78 is 11.6. The van der Waals surface area contributed by atoms with Gasteiger partial charge in [0.1, 0.15) is 10.6 Å². The number of carbonyl (C=O) groups is 1. The number of nitrogens with two attached hydrogens (primary N) is 2. The van der Waals surface area contributed by atoms with Crippen LogP contribution in [0.5, 0.6) is 5.75 Å². The lowest BCUT2D eigenvalue weighted by Gasteiger charge is -2.08. The molecule has 0 atom stereocenters. The van der Waals surface area contributed by atoms with Gasteiger partial charge in [0.2, 0.25) is 0 Å². The quantitative estimate of drug-likeness (QED) is 0.774. The number of amides is 1. The van der Waals surface area contributed by atoms with Crippen molar-refractivity contribution in [1.29, 1.82) is 0 Å². The number of furan rings is 1. The Kier molecular flexibility index (Phi) is 3.31. The van der Waals surface area contributed by atoms with Crippen molar-refractivity contribution in [1.82, 2.24) is 0 Å². The van der Waals surface area contributed by atoms with Crippen molar-refractivity contribution in [2.75, 3.05) is 12.3 Å². The number of ether oxygens (including phenoxy) is 1. The van der Waals surface area contributed by atoms with E-state index in [9.17, 15) is 4.79 Å². The monoisotopic (exact) mass is 302 g/mol. The summed E-state index contributed by atoms with van der Waals surface area (Å²) in [5.74, 6) is 0.121. The summed E-state index contributed by atoms with van der Waals surface area (Å²) in [6.45, 7) is 2.41. The van der Waals surface area contributed by atoms with E-state index in [2.05, 4.69) is 0 Å². The molecular formula is C15H14N2O3S. The summed E-state index contributed by atoms with van der Waals surface area (Å²) >= 11 is 1.28. The molecule has 1 aromatic carbocycles. The van der Waals surface area contributed by atoms with E-state index in [0.29, 0.717) is 22.9 Å². The lowest BCUT2D eigenvalue weighted by molar-refractivity contribution is 0.100. The number of anilines is 1. The van der Waals surface area contributed by atoms with Crippen molar-refractivity contribution in [3.63, 3.8) is 0 Å². The molecule has 21 heavy (non-hydrogen) atoms. The molecule has 0 unspecified atom stereocenters. The molecule has 0 saturated heterocycles. The standard InChI is InChI=1S/C15H14N2O3S/c1-2-20-10-4-3-9(8-5-6-19-7-8)13-11(10)12(16)14(21-13)15(17)18/h3-7H,2,16H2,1H3,(H2,17,18). The van der Waals surface area contributed by atoms with Crippen LogP contribution in [0, 0.1) is 0 Å². The first kappa shape index (κ1) is 13.5. The van der Waals surface area contributed by atoms with Crippen molar-refractivity contribution < 1.29 is 13.9 Å². The van der Waals surface area contributed by atoms with E-state index in [0.717, 1.165) is 21.2 Å². The van der Waals surface area contributed by atoms with Gasteiger partial charge in [-0.3, -0.25) is 4.79 Å². The molecule has 0 saturated carbocycles. The normalized spacial score (nSPS) is 10.9. The highest BCUT2D eigenvalue weighted by atomic mass is 32.1. The number of nitrogen functional groups attached to an aromatic ring is 1. The largest absolute Gasteiger partial charge is 0.493 e. The van der Waals surface area contributed by atoms with Crippen LogP contribution in [0.3, 0.4) is 0 Å². The fourth-order valence-corrected chi connectivity index (χ4v) is 3.43. The fraction of sp³-hybridized carbons (Fsp3) is 0.133. The van der Waals surface area contributed by atoms with Gasteiger partial charge in [0.15, 0.2) is 0 Å². The number of carbonyl (C=O) groups excluding carboxylic acids is 1. The minimum absolute atomic E-state index is 0.349. The maximum Gasteiger partial charge on any atom is 0.260 e. The Bertz CT molecular complexity index is 806. The molecule has 5 nitrogen and oxygen atoms in total. The number of thiophene rings is 1. The first-order valence-electron chi connectivity index (χ1n) is 6.43. The molecule has 4 N–H and O–H groups in total. The molecule has 3 aromatic rings. The van der Waals surface area contributed by atoms with Crippen molar-refractivity contribution in [2.45, 2.75) is 6.92 Å². The summed E-state index contributed by atoms with van der Waals surface area (Å²) in [7, 11) is 0. The van der Waals surface area contributed by atoms with E-state index in [-0.39, 0.29) is 0 Å². The van der Waals surface area contributed by atoms with Gasteiger partial charge in [0.25, 0.3) is 5.91 Å². The summed E-state index contributed by atoms with van der Waals surface area (Å²) in [6, 6.07) is 5.63. The average Bonchev–Trinajstić information content (AvgIpc) is 3.08. The number of hydrogen-bond donors (Lipinski definition) is 2. The molecular weight excluding hydrogens is 288 g/mol. The predicted octanol–water partition coefficient (Wildman–Crippen LogP) is 3.24. The third kappa shape index (κ3) is 2.13. The summed E-state index contributed by atoms with van der Waals surface area (Å²) in [4.78, 5) is 11.9. The second-order valence-electron chi connectivity index (χ2n) is 4.47. The number of hydrogen-bond acceptors (Lipinski definition) is 5. The zero-order valence-electron chi connectivity index (χ0n) is 11.4. The van der Waals surface area contributed by atoms with Crippen LogP contribution in [0.25, 0.3) is 21.2 Å². The van der Waals surface area contributed by atoms with E-state index in [1.807, 2.05) is 25.1 Å². The topological polar surface area (TPSA) is 91.5 Å². The van der Waals surface area contributed by atoms with Gasteiger partial charge in [-0.25, -0.2) is 0 Å². The van der Waals surface area contributed by atoms with Crippen LogP contribution in [-0.4, -0.2) is 12.5 Å². The molecule has 0 aliphatic heterocycles. The second-order valence-corrected chi connectivity index (χ2v) is 5.49. The molecule has 6 heteroatoms. The average molecular weight is 302 g/mol. The highest BCUT2D eigenvalue weighted by Gasteiger charge is 2.20. The molecule has 3 rings (SSSR count). The fourth-order valence-electron chi connectivity index (χ4n) is 2.30. The van der Waals surface area contributed by atoms with Crippen molar-refractivity contribution in [2.24, 2.45) is 5.73 Å². The Hall–Kier alpha value is -2.47. The van der Waals surface area contributed by atoms with Gasteiger partial charge in [-0.2, -0.15) is 0 Å². The predicted molar refractivity (Wildman–Crippen MR) is 83.6 cm³/mol. The maximum atomic E-state index is 11.6. The Labute approximate surface area is 125 Å². The van der Waals surface area contributed by atoms with E-state index >= 15 is 0 Å². The van der Waals surface area contributed by atoms with Gasteiger partial charge in [0.05, 0.1) is 30.2 Å². The minimum Gasteiger partial charge on any atom is -0.493 e. The number of rotatable bonds is 4. The van der Waals surface area contributed by atoms with Gasteiger partial charge < -0.3 is 20.6 Å². The molecule has 0 aliphatic rings. The zero-order valence-corrected chi connectivity index (χ0v) is 12.2. The Balaban J connectivity index is 2.35. The van der Waals surface area contributed by atoms with Gasteiger partial charge >= 0.3 is 0 Å². The molecule has 0 aliphatic carbocycles. The smallest absolute Gasteiger partial charge is 0.260 e. The summed E-state index contributed by atoms with van der Waals surface area (Å²) in [5.41, 5.74) is 13.7. The van der Waals surface area contributed by atoms with E-state index in [4.69, 9.17) is 20.6 Å². The van der Waals surface area contributed by atoms with E-state index in [1.165, 1.54) is 11.3 Å². The molecule has 0 radical (unpaired) electrons. The van der Waals surface area contributed by atoms with Gasteiger partial charge in [0, 0.05) is 15.8 Å². The van der Waals surface area contributed by atoms with Crippen LogP contribution < -0.4 is 16.2 Å². The van der Waals surface area contributed by atoms with Gasteiger partial charge in [-0.1, -0.05) is 0 Å². The molecule has 0 fully saturated rings. The zero-order chi connectivity index (χ0) is 15.0. The van der Waals surface area contributed by atoms with Crippen LogP contribution in [-0.2, 0) is 0 Å². The van der Waals surface area contributed by atoms with Crippen molar-refractivity contribution in [3.05, 3.63) is 35.6 Å². The lowest BCUT2D eigenvalue weighted by atomic mass is 10.1. The third-order valence-electron chi connectivity index (χ3n) is 3.19. The molecule has 0 spiro atoms. The molecule has 108 valence electrons.